The van der Waals surface area contributed by atoms with Crippen molar-refractivity contribution in [2.24, 2.45) is 16.5 Å². The van der Waals surface area contributed by atoms with Crippen LogP contribution >= 0.6 is 37.9 Å². The van der Waals surface area contributed by atoms with Crippen LogP contribution in [0.3, 0.4) is 0 Å². The van der Waals surface area contributed by atoms with Crippen LogP contribution in [-0.2, 0) is 27.7 Å². The third-order valence-electron chi connectivity index (χ3n) is 7.76. The summed E-state index contributed by atoms with van der Waals surface area (Å²) in [6.07, 6.45) is -3.97. The van der Waals surface area contributed by atoms with Crippen molar-refractivity contribution in [3.05, 3.63) is 24.7 Å². The molecule has 11 atom stereocenters. The van der Waals surface area contributed by atoms with E-state index in [4.69, 9.17) is 35.7 Å². The van der Waals surface area contributed by atoms with Gasteiger partial charge in [-0.3, -0.25) is 18.3 Å². The average Bonchev–Trinajstić information content (AvgIpc) is 3.72. The second-order valence-corrected chi connectivity index (χ2v) is 16.9. The summed E-state index contributed by atoms with van der Waals surface area (Å²) in [6.45, 7) is -8.84. The molecule has 4 aliphatic heterocycles. The predicted molar refractivity (Wildman–Crippen MR) is 162 cm³/mol. The molecule has 0 radical (unpaired) electrons. The maximum Gasteiger partial charge on any atom is 0.324 e. The second kappa shape index (κ2) is 11.4. The highest BCUT2D eigenvalue weighted by Gasteiger charge is 2.52. The van der Waals surface area contributed by atoms with Crippen molar-refractivity contribution in [2.45, 2.75) is 55.1 Å². The Morgan fingerprint density at radius 3 is 2.09 bits per heavy atom. The molecule has 7 heterocycles. The molecule has 3 fully saturated rings. The molecular weight excluding hydrogens is 676 g/mol. The highest BCUT2D eigenvalue weighted by atomic mass is 32.7. The molecule has 3 saturated heterocycles. The lowest BCUT2D eigenvalue weighted by Gasteiger charge is -2.30. The summed E-state index contributed by atoms with van der Waals surface area (Å²) in [6, 6.07) is -2.23. The van der Waals surface area contributed by atoms with Gasteiger partial charge in [0.05, 0.1) is 38.0 Å². The number of aliphatic hydroxyl groups is 2. The maximum atomic E-state index is 13.6. The first-order valence-corrected chi connectivity index (χ1v) is 18.9. The zero-order chi connectivity index (χ0) is 31.8. The average molecular weight is 706 g/mol. The van der Waals surface area contributed by atoms with Crippen molar-refractivity contribution in [2.75, 3.05) is 18.9 Å². The van der Waals surface area contributed by atoms with E-state index < -0.39 is 81.8 Å². The van der Waals surface area contributed by atoms with E-state index >= 15 is 0 Å². The van der Waals surface area contributed by atoms with Crippen molar-refractivity contribution in [3.8, 4) is 0 Å². The lowest BCUT2D eigenvalue weighted by molar-refractivity contribution is -0.0471. The molecule has 0 bridgehead atoms. The van der Waals surface area contributed by atoms with Gasteiger partial charge in [0.1, 0.15) is 48.1 Å². The van der Waals surface area contributed by atoms with Gasteiger partial charge in [0.15, 0.2) is 35.7 Å². The smallest absolute Gasteiger partial charge is 0.324 e. The van der Waals surface area contributed by atoms with Gasteiger partial charge in [0.25, 0.3) is 0 Å². The van der Waals surface area contributed by atoms with Gasteiger partial charge in [0, 0.05) is 0 Å². The van der Waals surface area contributed by atoms with Crippen molar-refractivity contribution >= 4 is 66.7 Å². The van der Waals surface area contributed by atoms with Crippen molar-refractivity contribution in [3.63, 3.8) is 0 Å². The Kier molecular flexibility index (Phi) is 7.92. The normalized spacial score (nSPS) is 40.5. The lowest BCUT2D eigenvalue weighted by atomic mass is 10.1. The van der Waals surface area contributed by atoms with Crippen LogP contribution in [0.1, 0.15) is 24.3 Å². The Hall–Kier alpha value is -2.37. The first kappa shape index (κ1) is 31.2. The quantitative estimate of drug-likeness (QED) is 0.106. The number of rotatable bonds is 2. The molecule has 45 heavy (non-hydrogen) atoms. The number of guanidine groups is 1. The van der Waals surface area contributed by atoms with Gasteiger partial charge < -0.3 is 51.3 Å². The molecule has 0 aromatic carbocycles. The van der Waals surface area contributed by atoms with Crippen LogP contribution in [0.15, 0.2) is 24.0 Å². The molecule has 0 amide bonds. The molecular formula is C20H29N13O8P2S2. The van der Waals surface area contributed by atoms with Crippen LogP contribution in [0.5, 0.6) is 0 Å². The fraction of sp³-hybridized carbons (Fsp3) is 0.550. The number of anilines is 1. The van der Waals surface area contributed by atoms with E-state index in [2.05, 4.69) is 64.9 Å². The minimum atomic E-state index is -4.01. The Morgan fingerprint density at radius 2 is 1.47 bits per heavy atom. The Bertz CT molecular complexity index is 1760. The van der Waals surface area contributed by atoms with E-state index in [0.717, 1.165) is 0 Å². The molecule has 4 aliphatic rings. The summed E-state index contributed by atoms with van der Waals surface area (Å²) in [7, 11) is 0. The minimum Gasteiger partial charge on any atom is -0.387 e. The van der Waals surface area contributed by atoms with Crippen LogP contribution < -0.4 is 32.7 Å². The SMILES string of the molecule is NC1=Nc2c(ncn2[C@@H]2O[C@@H]3COP(=O)(S)N[C@H]4[C@@H](O)[C@H](n5cnc6c(N)ncnc65)O[C@@H]4COP(=O)(S)N[C@H]3[C@H]2O)C(N)N1. The number of imidazole rings is 2. The van der Waals surface area contributed by atoms with Gasteiger partial charge in [-0.25, -0.2) is 30.1 Å². The number of nitrogens with one attached hydrogen (secondary N) is 3. The monoisotopic (exact) mass is 705 g/mol. The number of nitrogens with two attached hydrogens (primary N) is 3. The highest BCUT2D eigenvalue weighted by Crippen LogP contribution is 2.54. The first-order valence-electron chi connectivity index (χ1n) is 13.4. The van der Waals surface area contributed by atoms with Crippen LogP contribution in [0.25, 0.3) is 11.2 Å². The van der Waals surface area contributed by atoms with Crippen LogP contribution in [-0.4, -0.2) is 95.0 Å². The van der Waals surface area contributed by atoms with Crippen LogP contribution in [0, 0.1) is 0 Å². The summed E-state index contributed by atoms with van der Waals surface area (Å²) in [5.41, 5.74) is 18.7. The summed E-state index contributed by atoms with van der Waals surface area (Å²) >= 11 is 8.43. The molecule has 0 saturated carbocycles. The molecule has 7 rings (SSSR count). The largest absolute Gasteiger partial charge is 0.387 e. The molecule has 0 aliphatic carbocycles. The third-order valence-corrected chi connectivity index (χ3v) is 11.4. The molecule has 3 aromatic rings. The Morgan fingerprint density at radius 1 is 0.889 bits per heavy atom. The van der Waals surface area contributed by atoms with E-state index in [9.17, 15) is 19.3 Å². The van der Waals surface area contributed by atoms with Gasteiger partial charge in [-0.05, 0) is 0 Å². The fourth-order valence-corrected chi connectivity index (χ4v) is 9.11. The van der Waals surface area contributed by atoms with Gasteiger partial charge in [-0.15, -0.1) is 0 Å². The van der Waals surface area contributed by atoms with E-state index in [1.54, 1.807) is 0 Å². The summed E-state index contributed by atoms with van der Waals surface area (Å²) in [4.78, 5) is 20.8. The zero-order valence-electron chi connectivity index (χ0n) is 22.8. The zero-order valence-corrected chi connectivity index (χ0v) is 26.4. The van der Waals surface area contributed by atoms with E-state index in [1.165, 1.54) is 28.1 Å². The molecule has 244 valence electrons. The number of aromatic nitrogens is 6. The number of nitrogens with zero attached hydrogens (tertiary/aromatic N) is 7. The van der Waals surface area contributed by atoms with E-state index in [-0.39, 0.29) is 28.8 Å². The maximum absolute atomic E-state index is 13.6. The number of fused-ring (bicyclic) bond motifs is 4. The van der Waals surface area contributed by atoms with E-state index in [1.807, 2.05) is 0 Å². The van der Waals surface area contributed by atoms with Gasteiger partial charge in [-0.1, -0.05) is 24.5 Å². The Balaban J connectivity index is 1.16. The predicted octanol–water partition coefficient (Wildman–Crippen LogP) is -1.63. The summed E-state index contributed by atoms with van der Waals surface area (Å²) in [5.74, 6) is 0.390. The number of nitrogen functional groups attached to an aromatic ring is 1. The van der Waals surface area contributed by atoms with Crippen molar-refractivity contribution in [1.29, 1.82) is 0 Å². The van der Waals surface area contributed by atoms with Gasteiger partial charge in [-0.2, -0.15) is 4.99 Å². The second-order valence-electron chi connectivity index (χ2n) is 10.6. The standard InChI is InChI=1S/C20H29N13O8P2S2/c21-14-10-16(25-3-24-14)32(4-26-10)18-12(34)8-6(40-18)1-38-43(37,45)31-9-7(2-39-42(36,44)30-8)41-19(13(9)35)33-5-27-11-15(22)28-20(23)29-17(11)33/h3-9,12-13,15,18-19,34-35H,1-2,22H2,(H2,21,24,25)(H3,23,28,29)(H2,30,36,44)(H2,31,37,45)/t6-,7-,8-,9-,12-,13-,15?,18-,19-,42?,43?/m1/s1. The summed E-state index contributed by atoms with van der Waals surface area (Å²) in [5, 5.41) is 30.9. The van der Waals surface area contributed by atoms with Gasteiger partial charge in [0.2, 0.25) is 0 Å². The third kappa shape index (κ3) is 5.64. The number of hydrogen-bond donors (Lipinski definition) is 10. The molecule has 0 spiro atoms. The number of aliphatic imine (C=N–C) groups is 1. The van der Waals surface area contributed by atoms with Crippen molar-refractivity contribution in [1.82, 2.24) is 44.6 Å². The number of hydrogen-bond acceptors (Lipinski definition) is 17. The first-order chi connectivity index (χ1) is 21.3. The lowest BCUT2D eigenvalue weighted by Crippen LogP contribution is -2.47. The Labute approximate surface area is 264 Å². The molecule has 21 nitrogen and oxygen atoms in total. The van der Waals surface area contributed by atoms with Crippen LogP contribution in [0.2, 0.25) is 0 Å². The fourth-order valence-electron chi connectivity index (χ4n) is 5.67. The topological polar surface area (TPSA) is 299 Å². The van der Waals surface area contributed by atoms with Gasteiger partial charge >= 0.3 is 13.4 Å². The van der Waals surface area contributed by atoms with E-state index in [0.29, 0.717) is 5.69 Å². The molecule has 3 unspecified atom stereocenters. The number of ether oxygens (including phenoxy) is 2. The number of aliphatic hydroxyl groups excluding tert-OH is 2. The highest BCUT2D eigenvalue weighted by molar-refractivity contribution is 8.45. The summed E-state index contributed by atoms with van der Waals surface area (Å²) < 4.78 is 53.5. The molecule has 3 aromatic heterocycles. The number of thiol groups is 2. The van der Waals surface area contributed by atoms with Crippen LogP contribution in [0.4, 0.5) is 11.6 Å². The molecule has 25 heteroatoms. The van der Waals surface area contributed by atoms with Crippen molar-refractivity contribution < 1.29 is 37.9 Å². The minimum absolute atomic E-state index is 0.0309. The molecule has 11 N–H and O–H groups in total.